The highest BCUT2D eigenvalue weighted by atomic mass is 16.1. The summed E-state index contributed by atoms with van der Waals surface area (Å²) in [4.78, 5) is 30.6. The summed E-state index contributed by atoms with van der Waals surface area (Å²) in [5, 5.41) is 3.36. The third-order valence-electron chi connectivity index (χ3n) is 3.35. The minimum absolute atomic E-state index is 0.132. The monoisotopic (exact) mass is 293 g/mol. The van der Waals surface area contributed by atoms with E-state index < -0.39 is 0 Å². The lowest BCUT2D eigenvalue weighted by molar-refractivity contribution is -0.114. The third-order valence-corrected chi connectivity index (χ3v) is 3.35. The summed E-state index contributed by atoms with van der Waals surface area (Å²) < 4.78 is 0. The molecule has 0 atom stereocenters. The van der Waals surface area contributed by atoms with E-state index in [0.717, 1.165) is 11.3 Å². The molecule has 0 fully saturated rings. The number of aromatic nitrogens is 2. The van der Waals surface area contributed by atoms with Crippen LogP contribution < -0.4 is 10.9 Å². The number of carbonyl (C=O) groups excluding carboxylic acids is 1. The Balaban J connectivity index is 2.00. The van der Waals surface area contributed by atoms with Gasteiger partial charge >= 0.3 is 0 Å². The summed E-state index contributed by atoms with van der Waals surface area (Å²) in [7, 11) is 0. The van der Waals surface area contributed by atoms with Crippen molar-refractivity contribution in [2.75, 3.05) is 5.32 Å². The second kappa shape index (κ2) is 5.81. The highest BCUT2D eigenvalue weighted by Crippen LogP contribution is 2.18. The first kappa shape index (κ1) is 14.0. The van der Waals surface area contributed by atoms with Crippen LogP contribution in [0.4, 0.5) is 5.69 Å². The summed E-state index contributed by atoms with van der Waals surface area (Å²) in [6, 6.07) is 14.7. The van der Waals surface area contributed by atoms with Crippen molar-refractivity contribution < 1.29 is 4.79 Å². The molecule has 2 N–H and O–H groups in total. The van der Waals surface area contributed by atoms with Gasteiger partial charge in [0.2, 0.25) is 5.91 Å². The van der Waals surface area contributed by atoms with Gasteiger partial charge in [0.1, 0.15) is 5.82 Å². The van der Waals surface area contributed by atoms with E-state index in [-0.39, 0.29) is 11.5 Å². The number of hydrogen-bond acceptors (Lipinski definition) is 3. The van der Waals surface area contributed by atoms with Crippen LogP contribution in [-0.4, -0.2) is 15.9 Å². The molecule has 1 heterocycles. The molecule has 0 unspecified atom stereocenters. The summed E-state index contributed by atoms with van der Waals surface area (Å²) in [6.07, 6.45) is 0.441. The molecule has 5 nitrogen and oxygen atoms in total. The van der Waals surface area contributed by atoms with E-state index in [9.17, 15) is 9.59 Å². The Morgan fingerprint density at radius 3 is 2.68 bits per heavy atom. The number of hydrogen-bond donors (Lipinski definition) is 2. The molecule has 110 valence electrons. The van der Waals surface area contributed by atoms with Gasteiger partial charge < -0.3 is 10.3 Å². The van der Waals surface area contributed by atoms with Gasteiger partial charge in [-0.2, -0.15) is 0 Å². The molecule has 22 heavy (non-hydrogen) atoms. The first-order chi connectivity index (χ1) is 10.6. The number of fused-ring (bicyclic) bond motifs is 1. The van der Waals surface area contributed by atoms with E-state index in [1.807, 2.05) is 42.5 Å². The quantitative estimate of drug-likeness (QED) is 0.779. The molecule has 3 rings (SSSR count). The molecule has 0 aliphatic carbocycles. The molecule has 0 aliphatic rings. The van der Waals surface area contributed by atoms with Gasteiger partial charge in [-0.05, 0) is 23.8 Å². The molecule has 0 saturated heterocycles. The SMILES string of the molecule is CC(=O)Nc1ccccc1Cc1nc2ccccc2c(=O)[nH]1. The van der Waals surface area contributed by atoms with E-state index in [2.05, 4.69) is 15.3 Å². The highest BCUT2D eigenvalue weighted by Gasteiger charge is 2.08. The lowest BCUT2D eigenvalue weighted by atomic mass is 10.1. The van der Waals surface area contributed by atoms with Gasteiger partial charge in [-0.1, -0.05) is 30.3 Å². The van der Waals surface area contributed by atoms with Gasteiger partial charge in [0, 0.05) is 19.0 Å². The van der Waals surface area contributed by atoms with Crippen molar-refractivity contribution in [2.24, 2.45) is 0 Å². The third kappa shape index (κ3) is 2.88. The van der Waals surface area contributed by atoms with Gasteiger partial charge in [-0.25, -0.2) is 4.98 Å². The van der Waals surface area contributed by atoms with Crippen LogP contribution in [0, 0.1) is 0 Å². The van der Waals surface area contributed by atoms with Gasteiger partial charge in [0.25, 0.3) is 5.56 Å². The smallest absolute Gasteiger partial charge is 0.258 e. The Bertz CT molecular complexity index is 900. The fourth-order valence-electron chi connectivity index (χ4n) is 2.39. The zero-order valence-electron chi connectivity index (χ0n) is 12.1. The molecule has 0 spiro atoms. The molecule has 0 saturated carbocycles. The molecule has 1 amide bonds. The number of nitrogens with one attached hydrogen (secondary N) is 2. The topological polar surface area (TPSA) is 74.8 Å². The normalized spacial score (nSPS) is 10.6. The highest BCUT2D eigenvalue weighted by molar-refractivity contribution is 5.89. The summed E-state index contributed by atoms with van der Waals surface area (Å²) in [5.41, 5.74) is 2.14. The predicted octanol–water partition coefficient (Wildman–Crippen LogP) is 2.47. The van der Waals surface area contributed by atoms with E-state index in [0.29, 0.717) is 23.1 Å². The zero-order valence-corrected chi connectivity index (χ0v) is 12.1. The maximum absolute atomic E-state index is 12.1. The Hall–Kier alpha value is -2.95. The van der Waals surface area contributed by atoms with Crippen molar-refractivity contribution in [3.8, 4) is 0 Å². The number of amides is 1. The Labute approximate surface area is 127 Å². The van der Waals surface area contributed by atoms with Crippen LogP contribution in [0.3, 0.4) is 0 Å². The fraction of sp³-hybridized carbons (Fsp3) is 0.118. The van der Waals surface area contributed by atoms with Gasteiger partial charge in [0.15, 0.2) is 0 Å². The standard InChI is InChI=1S/C17H15N3O2/c1-11(21)18-14-8-4-2-6-12(14)10-16-19-15-9-5-3-7-13(15)17(22)20-16/h2-9H,10H2,1H3,(H,18,21)(H,19,20,22). The molecule has 0 radical (unpaired) electrons. The Morgan fingerprint density at radius 1 is 1.14 bits per heavy atom. The van der Waals surface area contributed by atoms with Crippen LogP contribution in [0.1, 0.15) is 18.3 Å². The lowest BCUT2D eigenvalue weighted by Crippen LogP contribution is -2.13. The number of benzene rings is 2. The summed E-state index contributed by atoms with van der Waals surface area (Å²) >= 11 is 0. The van der Waals surface area contributed by atoms with Crippen molar-refractivity contribution in [1.82, 2.24) is 9.97 Å². The fourth-order valence-corrected chi connectivity index (χ4v) is 2.39. The van der Waals surface area contributed by atoms with Crippen molar-refractivity contribution in [2.45, 2.75) is 13.3 Å². The van der Waals surface area contributed by atoms with Gasteiger partial charge in [-0.15, -0.1) is 0 Å². The molecule has 0 bridgehead atoms. The number of nitrogens with zero attached hydrogens (tertiary/aromatic N) is 1. The van der Waals surface area contributed by atoms with Crippen LogP contribution in [0.2, 0.25) is 0 Å². The van der Waals surface area contributed by atoms with E-state index >= 15 is 0 Å². The largest absolute Gasteiger partial charge is 0.326 e. The number of carbonyl (C=O) groups is 1. The molecular weight excluding hydrogens is 278 g/mol. The predicted molar refractivity (Wildman–Crippen MR) is 85.9 cm³/mol. The van der Waals surface area contributed by atoms with E-state index in [1.165, 1.54) is 6.92 Å². The first-order valence-electron chi connectivity index (χ1n) is 6.97. The zero-order chi connectivity index (χ0) is 15.5. The molecule has 1 aromatic heterocycles. The van der Waals surface area contributed by atoms with E-state index in [1.54, 1.807) is 6.07 Å². The summed E-state index contributed by atoms with van der Waals surface area (Å²) in [5.74, 6) is 0.439. The second-order valence-electron chi connectivity index (χ2n) is 5.04. The van der Waals surface area contributed by atoms with Crippen LogP contribution in [0.15, 0.2) is 53.3 Å². The molecule has 3 aromatic rings. The van der Waals surface area contributed by atoms with Crippen molar-refractivity contribution in [1.29, 1.82) is 0 Å². The Kier molecular flexibility index (Phi) is 3.70. The van der Waals surface area contributed by atoms with Crippen LogP contribution in [0.5, 0.6) is 0 Å². The minimum Gasteiger partial charge on any atom is -0.326 e. The number of aromatic amines is 1. The molecule has 2 aromatic carbocycles. The lowest BCUT2D eigenvalue weighted by Gasteiger charge is -2.09. The van der Waals surface area contributed by atoms with Crippen molar-refractivity contribution in [3.05, 3.63) is 70.3 Å². The second-order valence-corrected chi connectivity index (χ2v) is 5.04. The molecular formula is C17H15N3O2. The summed E-state index contributed by atoms with van der Waals surface area (Å²) in [6.45, 7) is 1.47. The van der Waals surface area contributed by atoms with E-state index in [4.69, 9.17) is 0 Å². The average molecular weight is 293 g/mol. The van der Waals surface area contributed by atoms with Crippen molar-refractivity contribution >= 4 is 22.5 Å². The van der Waals surface area contributed by atoms with Crippen molar-refractivity contribution in [3.63, 3.8) is 0 Å². The number of para-hydroxylation sites is 2. The maximum Gasteiger partial charge on any atom is 0.258 e. The maximum atomic E-state index is 12.1. The van der Waals surface area contributed by atoms with Gasteiger partial charge in [0.05, 0.1) is 10.9 Å². The van der Waals surface area contributed by atoms with Gasteiger partial charge in [-0.3, -0.25) is 9.59 Å². The van der Waals surface area contributed by atoms with Crippen LogP contribution in [-0.2, 0) is 11.2 Å². The molecule has 0 aliphatic heterocycles. The number of H-pyrrole nitrogens is 1. The molecule has 5 heteroatoms. The average Bonchev–Trinajstić information content (AvgIpc) is 2.49. The first-order valence-corrected chi connectivity index (χ1v) is 6.97. The Morgan fingerprint density at radius 2 is 1.86 bits per heavy atom. The minimum atomic E-state index is -0.155. The number of anilines is 1. The van der Waals surface area contributed by atoms with Crippen LogP contribution >= 0.6 is 0 Å². The van der Waals surface area contributed by atoms with Crippen LogP contribution in [0.25, 0.3) is 10.9 Å². The number of rotatable bonds is 3.